The average molecular weight is 393 g/mol. The Balaban J connectivity index is 2.07. The highest BCUT2D eigenvalue weighted by atomic mass is 16.6. The van der Waals surface area contributed by atoms with Gasteiger partial charge in [0, 0.05) is 47.6 Å². The smallest absolute Gasteiger partial charge is 0.269 e. The van der Waals surface area contributed by atoms with Gasteiger partial charge in [-0.05, 0) is 36.5 Å². The lowest BCUT2D eigenvalue weighted by atomic mass is 9.87. The monoisotopic (exact) mass is 393 g/mol. The number of rotatable bonds is 8. The molecule has 2 N–H and O–H groups in total. The van der Waals surface area contributed by atoms with E-state index >= 15 is 0 Å². The van der Waals surface area contributed by atoms with Crippen molar-refractivity contribution in [3.63, 3.8) is 0 Å². The molecule has 0 aliphatic heterocycles. The van der Waals surface area contributed by atoms with Crippen LogP contribution in [0.3, 0.4) is 0 Å². The number of nitro groups is 1. The van der Waals surface area contributed by atoms with Crippen LogP contribution in [0.1, 0.15) is 56.2 Å². The highest BCUT2D eigenvalue weighted by Gasteiger charge is 2.24. The summed E-state index contributed by atoms with van der Waals surface area (Å²) in [7, 11) is 0. The lowest BCUT2D eigenvalue weighted by Gasteiger charge is -2.19. The first-order valence-electron chi connectivity index (χ1n) is 10.1. The predicted octanol–water partition coefficient (Wildman–Crippen LogP) is 5.08. The number of fused-ring (bicyclic) bond motifs is 1. The van der Waals surface area contributed by atoms with E-state index in [0.717, 1.165) is 34.9 Å². The maximum Gasteiger partial charge on any atom is 0.269 e. The highest BCUT2D eigenvalue weighted by molar-refractivity contribution is 5.88. The van der Waals surface area contributed by atoms with E-state index in [1.807, 2.05) is 38.2 Å². The zero-order chi connectivity index (χ0) is 21.0. The molecule has 0 aliphatic rings. The predicted molar refractivity (Wildman–Crippen MR) is 115 cm³/mol. The molecule has 0 saturated heterocycles. The lowest BCUT2D eigenvalue weighted by molar-refractivity contribution is -0.384. The number of para-hydroxylation sites is 1. The molecule has 0 aliphatic carbocycles. The average Bonchev–Trinajstić information content (AvgIpc) is 3.15. The summed E-state index contributed by atoms with van der Waals surface area (Å²) in [6.45, 7) is 6.10. The number of H-pyrrole nitrogens is 1. The molecule has 6 heteroatoms. The van der Waals surface area contributed by atoms with E-state index in [1.54, 1.807) is 12.1 Å². The number of aryl methyl sites for hydroxylation is 1. The topological polar surface area (TPSA) is 88.0 Å². The highest BCUT2D eigenvalue weighted by Crippen LogP contribution is 2.35. The van der Waals surface area contributed by atoms with Crippen LogP contribution >= 0.6 is 0 Å². The normalized spacial score (nSPS) is 13.2. The van der Waals surface area contributed by atoms with Gasteiger partial charge < -0.3 is 10.3 Å². The first-order chi connectivity index (χ1) is 13.9. The lowest BCUT2D eigenvalue weighted by Crippen LogP contribution is -2.33. The Kier molecular flexibility index (Phi) is 6.32. The fourth-order valence-electron chi connectivity index (χ4n) is 3.71. The fourth-order valence-corrected chi connectivity index (χ4v) is 3.71. The van der Waals surface area contributed by atoms with Crippen molar-refractivity contribution in [3.05, 3.63) is 75.5 Å². The van der Waals surface area contributed by atoms with Gasteiger partial charge in [0.2, 0.25) is 5.91 Å². The first kappa shape index (κ1) is 20.6. The van der Waals surface area contributed by atoms with Gasteiger partial charge in [0.05, 0.1) is 4.92 Å². The van der Waals surface area contributed by atoms with Crippen molar-refractivity contribution in [2.75, 3.05) is 0 Å². The number of nitrogens with one attached hydrogen (secondary N) is 2. The minimum absolute atomic E-state index is 0.0314. The molecule has 2 unspecified atom stereocenters. The second-order valence-corrected chi connectivity index (χ2v) is 7.42. The van der Waals surface area contributed by atoms with Crippen molar-refractivity contribution in [3.8, 4) is 0 Å². The number of aromatic nitrogens is 1. The van der Waals surface area contributed by atoms with E-state index in [-0.39, 0.29) is 30.0 Å². The van der Waals surface area contributed by atoms with E-state index in [2.05, 4.69) is 23.3 Å². The van der Waals surface area contributed by atoms with Gasteiger partial charge in [0.15, 0.2) is 0 Å². The number of non-ortho nitro benzene ring substituents is 1. The van der Waals surface area contributed by atoms with Gasteiger partial charge >= 0.3 is 0 Å². The molecule has 3 aromatic rings. The van der Waals surface area contributed by atoms with E-state index in [9.17, 15) is 14.9 Å². The summed E-state index contributed by atoms with van der Waals surface area (Å²) in [5, 5.41) is 15.4. The summed E-state index contributed by atoms with van der Waals surface area (Å²) in [4.78, 5) is 27.0. The molecular formula is C23H27N3O3. The summed E-state index contributed by atoms with van der Waals surface area (Å²) >= 11 is 0. The number of hydrogen-bond donors (Lipinski definition) is 2. The van der Waals surface area contributed by atoms with E-state index in [4.69, 9.17) is 0 Å². The van der Waals surface area contributed by atoms with Crippen LogP contribution in [-0.2, 0) is 11.2 Å². The van der Waals surface area contributed by atoms with Crippen molar-refractivity contribution in [2.45, 2.75) is 52.0 Å². The Morgan fingerprint density at radius 2 is 1.97 bits per heavy atom. The zero-order valence-corrected chi connectivity index (χ0v) is 17.1. The van der Waals surface area contributed by atoms with Crippen LogP contribution in [0.25, 0.3) is 10.9 Å². The summed E-state index contributed by atoms with van der Waals surface area (Å²) < 4.78 is 0. The van der Waals surface area contributed by atoms with Gasteiger partial charge in [-0.15, -0.1) is 0 Å². The first-order valence-corrected chi connectivity index (χ1v) is 10.1. The standard InChI is InChI=1S/C23H27N3O3/c1-4-15(3)25-22(27)13-20(17-9-6-10-18(12-17)26(28)29)21-14-24-23-16(5-2)8-7-11-19(21)23/h6-12,14-15,20,24H,4-5,13H2,1-3H3,(H,25,27). The van der Waals surface area contributed by atoms with Gasteiger partial charge in [-0.3, -0.25) is 14.9 Å². The number of carbonyl (C=O) groups is 1. The molecule has 0 bridgehead atoms. The Bertz CT molecular complexity index is 1030. The minimum atomic E-state index is -0.399. The van der Waals surface area contributed by atoms with Gasteiger partial charge in [0.25, 0.3) is 5.69 Å². The summed E-state index contributed by atoms with van der Waals surface area (Å²) in [5.41, 5.74) is 4.04. The van der Waals surface area contributed by atoms with Gasteiger partial charge in [-0.25, -0.2) is 0 Å². The molecule has 0 saturated carbocycles. The second kappa shape index (κ2) is 8.90. The Morgan fingerprint density at radius 3 is 2.66 bits per heavy atom. The largest absolute Gasteiger partial charge is 0.361 e. The summed E-state index contributed by atoms with van der Waals surface area (Å²) in [6.07, 6.45) is 3.91. The van der Waals surface area contributed by atoms with Crippen LogP contribution in [0.2, 0.25) is 0 Å². The quantitative estimate of drug-likeness (QED) is 0.413. The van der Waals surface area contributed by atoms with Crippen LogP contribution in [0.4, 0.5) is 5.69 Å². The Morgan fingerprint density at radius 1 is 1.21 bits per heavy atom. The van der Waals surface area contributed by atoms with Crippen molar-refractivity contribution in [1.82, 2.24) is 10.3 Å². The Hall–Kier alpha value is -3.15. The van der Waals surface area contributed by atoms with Crippen LogP contribution < -0.4 is 5.32 Å². The molecule has 0 fully saturated rings. The Labute approximate surface area is 170 Å². The molecule has 152 valence electrons. The fraction of sp³-hybridized carbons (Fsp3) is 0.348. The summed E-state index contributed by atoms with van der Waals surface area (Å²) in [6, 6.07) is 12.8. The third-order valence-electron chi connectivity index (χ3n) is 5.48. The van der Waals surface area contributed by atoms with E-state index < -0.39 is 4.92 Å². The maximum absolute atomic E-state index is 12.7. The molecule has 0 radical (unpaired) electrons. The van der Waals surface area contributed by atoms with Gasteiger partial charge in [-0.2, -0.15) is 0 Å². The third kappa shape index (κ3) is 4.47. The van der Waals surface area contributed by atoms with Gasteiger partial charge in [-0.1, -0.05) is 44.2 Å². The number of nitrogens with zero attached hydrogens (tertiary/aromatic N) is 1. The maximum atomic E-state index is 12.7. The minimum Gasteiger partial charge on any atom is -0.361 e. The van der Waals surface area contributed by atoms with Crippen molar-refractivity contribution < 1.29 is 9.72 Å². The molecule has 29 heavy (non-hydrogen) atoms. The number of carbonyl (C=O) groups excluding carboxylic acids is 1. The second-order valence-electron chi connectivity index (χ2n) is 7.42. The number of benzene rings is 2. The number of amides is 1. The van der Waals surface area contributed by atoms with Crippen LogP contribution in [0, 0.1) is 10.1 Å². The SMILES string of the molecule is CCc1cccc2c(C(CC(=O)NC(C)CC)c3cccc([N+](=O)[O-])c3)c[nH]c12. The molecule has 1 aromatic heterocycles. The van der Waals surface area contributed by atoms with Gasteiger partial charge in [0.1, 0.15) is 0 Å². The molecule has 2 atom stereocenters. The molecule has 2 aromatic carbocycles. The van der Waals surface area contributed by atoms with Crippen molar-refractivity contribution in [2.24, 2.45) is 0 Å². The van der Waals surface area contributed by atoms with E-state index in [0.29, 0.717) is 0 Å². The third-order valence-corrected chi connectivity index (χ3v) is 5.48. The molecule has 1 amide bonds. The molecule has 6 nitrogen and oxygen atoms in total. The van der Waals surface area contributed by atoms with Crippen LogP contribution in [0.5, 0.6) is 0 Å². The van der Waals surface area contributed by atoms with Crippen molar-refractivity contribution in [1.29, 1.82) is 0 Å². The molecular weight excluding hydrogens is 366 g/mol. The van der Waals surface area contributed by atoms with Crippen molar-refractivity contribution >= 4 is 22.5 Å². The van der Waals surface area contributed by atoms with Crippen LogP contribution in [-0.4, -0.2) is 21.9 Å². The molecule has 3 rings (SSSR count). The number of hydrogen-bond acceptors (Lipinski definition) is 3. The van der Waals surface area contributed by atoms with E-state index in [1.165, 1.54) is 11.6 Å². The zero-order valence-electron chi connectivity index (χ0n) is 17.1. The number of nitro benzene ring substituents is 1. The molecule has 1 heterocycles. The molecule has 0 spiro atoms. The number of aromatic amines is 1. The van der Waals surface area contributed by atoms with Crippen LogP contribution in [0.15, 0.2) is 48.7 Å². The summed E-state index contributed by atoms with van der Waals surface area (Å²) in [5.74, 6) is -0.336.